The van der Waals surface area contributed by atoms with Gasteiger partial charge >= 0.3 is 0 Å². The van der Waals surface area contributed by atoms with Crippen molar-refractivity contribution in [3.63, 3.8) is 0 Å². The topological polar surface area (TPSA) is 13.1 Å². The lowest BCUT2D eigenvalue weighted by Gasteiger charge is -2.17. The van der Waals surface area contributed by atoms with Gasteiger partial charge in [-0.05, 0) is 100 Å². The zero-order chi connectivity index (χ0) is 32.1. The standard InChI is InChI=1S/C48H28O/c1-2-9-29(10-3-1)37-22-18-32-21-25-41-39(23-19-33-20-24-40(37)45(32)46(33)41)43-27-34(36-16-8-13-30-11-4-6-14-35(30)36)28-44-47(43)42-26-17-31-12-5-7-15-38(31)48(42)49-44/h1-28H. The molecule has 1 heterocycles. The van der Waals surface area contributed by atoms with Gasteiger partial charge in [0, 0.05) is 16.2 Å². The van der Waals surface area contributed by atoms with E-state index < -0.39 is 0 Å². The molecule has 0 N–H and O–H groups in total. The molecule has 0 saturated carbocycles. The first-order chi connectivity index (χ1) is 24.3. The fourth-order valence-corrected chi connectivity index (χ4v) is 8.38. The van der Waals surface area contributed by atoms with Crippen LogP contribution in [0.15, 0.2) is 174 Å². The summed E-state index contributed by atoms with van der Waals surface area (Å²) in [5.74, 6) is 0. The third-order valence-corrected chi connectivity index (χ3v) is 10.6. The van der Waals surface area contributed by atoms with E-state index in [4.69, 9.17) is 4.42 Å². The molecule has 0 aliphatic rings. The van der Waals surface area contributed by atoms with Crippen LogP contribution in [0.4, 0.5) is 0 Å². The third kappa shape index (κ3) is 3.82. The molecular formula is C48H28O. The van der Waals surface area contributed by atoms with Crippen LogP contribution in [0.5, 0.6) is 0 Å². The molecule has 11 rings (SSSR count). The molecule has 0 bridgehead atoms. The van der Waals surface area contributed by atoms with Crippen LogP contribution in [-0.4, -0.2) is 0 Å². The van der Waals surface area contributed by atoms with Crippen LogP contribution < -0.4 is 0 Å². The molecule has 1 heteroatoms. The Bertz CT molecular complexity index is 3090. The average molecular weight is 621 g/mol. The van der Waals surface area contributed by atoms with Crippen molar-refractivity contribution < 1.29 is 4.42 Å². The fourth-order valence-electron chi connectivity index (χ4n) is 8.38. The predicted molar refractivity (Wildman–Crippen MR) is 209 cm³/mol. The summed E-state index contributed by atoms with van der Waals surface area (Å²) in [6.07, 6.45) is 0. The summed E-state index contributed by atoms with van der Waals surface area (Å²) >= 11 is 0. The van der Waals surface area contributed by atoms with E-state index in [0.717, 1.165) is 32.9 Å². The Labute approximate surface area is 282 Å². The highest BCUT2D eigenvalue weighted by Gasteiger charge is 2.21. The molecule has 0 amide bonds. The van der Waals surface area contributed by atoms with Crippen LogP contribution in [0.2, 0.25) is 0 Å². The molecule has 0 fully saturated rings. The molecular weight excluding hydrogens is 593 g/mol. The lowest BCUT2D eigenvalue weighted by molar-refractivity contribution is 0.673. The van der Waals surface area contributed by atoms with Crippen molar-refractivity contribution in [3.05, 3.63) is 170 Å². The number of hydrogen-bond donors (Lipinski definition) is 0. The van der Waals surface area contributed by atoms with Crippen LogP contribution in [0.25, 0.3) is 109 Å². The minimum Gasteiger partial charge on any atom is -0.455 e. The summed E-state index contributed by atoms with van der Waals surface area (Å²) in [6, 6.07) is 62.0. The summed E-state index contributed by atoms with van der Waals surface area (Å²) in [5.41, 5.74) is 9.11. The Morgan fingerprint density at radius 3 is 1.65 bits per heavy atom. The second kappa shape index (κ2) is 10.0. The second-order valence-corrected chi connectivity index (χ2v) is 13.2. The normalized spacial score (nSPS) is 12.1. The molecule has 10 aromatic carbocycles. The molecule has 0 aliphatic heterocycles. The van der Waals surface area contributed by atoms with Crippen molar-refractivity contribution in [1.82, 2.24) is 0 Å². The van der Waals surface area contributed by atoms with E-state index in [-0.39, 0.29) is 0 Å². The Morgan fingerprint density at radius 2 is 0.857 bits per heavy atom. The molecule has 11 aromatic rings. The van der Waals surface area contributed by atoms with Crippen molar-refractivity contribution in [3.8, 4) is 33.4 Å². The maximum Gasteiger partial charge on any atom is 0.143 e. The van der Waals surface area contributed by atoms with Crippen molar-refractivity contribution in [1.29, 1.82) is 0 Å². The highest BCUT2D eigenvalue weighted by molar-refractivity contribution is 6.29. The van der Waals surface area contributed by atoms with E-state index in [2.05, 4.69) is 170 Å². The lowest BCUT2D eigenvalue weighted by atomic mass is 9.85. The van der Waals surface area contributed by atoms with Crippen LogP contribution in [0.3, 0.4) is 0 Å². The number of benzene rings is 10. The first kappa shape index (κ1) is 26.6. The van der Waals surface area contributed by atoms with E-state index in [0.29, 0.717) is 0 Å². The molecule has 49 heavy (non-hydrogen) atoms. The molecule has 0 spiro atoms. The average Bonchev–Trinajstić information content (AvgIpc) is 3.56. The smallest absolute Gasteiger partial charge is 0.143 e. The fraction of sp³-hybridized carbons (Fsp3) is 0. The number of rotatable bonds is 3. The second-order valence-electron chi connectivity index (χ2n) is 13.2. The Morgan fingerprint density at radius 1 is 0.286 bits per heavy atom. The van der Waals surface area contributed by atoms with Gasteiger partial charge in [0.1, 0.15) is 11.2 Å². The van der Waals surface area contributed by atoms with E-state index in [9.17, 15) is 0 Å². The van der Waals surface area contributed by atoms with Crippen LogP contribution in [0, 0.1) is 0 Å². The van der Waals surface area contributed by atoms with Gasteiger partial charge in [-0.1, -0.05) is 152 Å². The van der Waals surface area contributed by atoms with Gasteiger partial charge in [-0.3, -0.25) is 0 Å². The summed E-state index contributed by atoms with van der Waals surface area (Å²) in [4.78, 5) is 0. The monoisotopic (exact) mass is 620 g/mol. The van der Waals surface area contributed by atoms with Gasteiger partial charge in [0.05, 0.1) is 0 Å². The maximum atomic E-state index is 6.89. The minimum absolute atomic E-state index is 0.906. The van der Waals surface area contributed by atoms with Crippen molar-refractivity contribution in [2.75, 3.05) is 0 Å². The van der Waals surface area contributed by atoms with E-state index in [1.165, 1.54) is 76.3 Å². The van der Waals surface area contributed by atoms with Gasteiger partial charge in [-0.15, -0.1) is 0 Å². The number of hydrogen-bond acceptors (Lipinski definition) is 1. The SMILES string of the molecule is c1ccc(-c2ccc3ccc4c(-c5cc(-c6cccc7ccccc67)cc6oc7c8ccccc8ccc7c56)ccc5ccc2c3c54)cc1. The lowest BCUT2D eigenvalue weighted by Crippen LogP contribution is -1.90. The van der Waals surface area contributed by atoms with Crippen LogP contribution in [-0.2, 0) is 0 Å². The van der Waals surface area contributed by atoms with Gasteiger partial charge in [0.2, 0.25) is 0 Å². The van der Waals surface area contributed by atoms with Gasteiger partial charge in [0.15, 0.2) is 0 Å². The minimum atomic E-state index is 0.906. The van der Waals surface area contributed by atoms with Crippen LogP contribution in [0.1, 0.15) is 0 Å². The zero-order valence-electron chi connectivity index (χ0n) is 26.6. The summed E-state index contributed by atoms with van der Waals surface area (Å²) in [5, 5.41) is 14.8. The Kier molecular flexibility index (Phi) is 5.45. The number of fused-ring (bicyclic) bond motifs is 6. The third-order valence-electron chi connectivity index (χ3n) is 10.6. The van der Waals surface area contributed by atoms with E-state index in [1.807, 2.05) is 0 Å². The van der Waals surface area contributed by atoms with Crippen molar-refractivity contribution in [2.45, 2.75) is 0 Å². The van der Waals surface area contributed by atoms with Crippen molar-refractivity contribution in [2.24, 2.45) is 0 Å². The largest absolute Gasteiger partial charge is 0.455 e. The quantitative estimate of drug-likeness (QED) is 0.179. The van der Waals surface area contributed by atoms with Gasteiger partial charge in [-0.25, -0.2) is 0 Å². The summed E-state index contributed by atoms with van der Waals surface area (Å²) < 4.78 is 6.89. The highest BCUT2D eigenvalue weighted by Crippen LogP contribution is 2.47. The van der Waals surface area contributed by atoms with Crippen LogP contribution >= 0.6 is 0 Å². The highest BCUT2D eigenvalue weighted by atomic mass is 16.3. The van der Waals surface area contributed by atoms with Gasteiger partial charge < -0.3 is 4.42 Å². The zero-order valence-corrected chi connectivity index (χ0v) is 26.6. The van der Waals surface area contributed by atoms with E-state index >= 15 is 0 Å². The molecule has 0 atom stereocenters. The first-order valence-corrected chi connectivity index (χ1v) is 16.9. The predicted octanol–water partition coefficient (Wildman–Crippen LogP) is 13.8. The first-order valence-electron chi connectivity index (χ1n) is 16.9. The molecule has 0 saturated heterocycles. The molecule has 0 unspecified atom stereocenters. The van der Waals surface area contributed by atoms with Crippen molar-refractivity contribution >= 4 is 75.8 Å². The molecule has 0 aliphatic carbocycles. The van der Waals surface area contributed by atoms with Gasteiger partial charge in [-0.2, -0.15) is 0 Å². The summed E-state index contributed by atoms with van der Waals surface area (Å²) in [6.45, 7) is 0. The Hall–Kier alpha value is -6.44. The molecule has 1 nitrogen and oxygen atoms in total. The maximum absolute atomic E-state index is 6.89. The molecule has 226 valence electrons. The Balaban J connectivity index is 1.27. The molecule has 1 aromatic heterocycles. The number of furan rings is 1. The molecule has 0 radical (unpaired) electrons. The van der Waals surface area contributed by atoms with E-state index in [1.54, 1.807) is 0 Å². The van der Waals surface area contributed by atoms with Gasteiger partial charge in [0.25, 0.3) is 0 Å². The summed E-state index contributed by atoms with van der Waals surface area (Å²) in [7, 11) is 0.